The Morgan fingerprint density at radius 1 is 0.920 bits per heavy atom. The summed E-state index contributed by atoms with van der Waals surface area (Å²) in [5, 5.41) is 0. The summed E-state index contributed by atoms with van der Waals surface area (Å²) < 4.78 is 40.3. The first-order valence-corrected chi connectivity index (χ1v) is 10.1. The summed E-state index contributed by atoms with van der Waals surface area (Å²) in [5.41, 5.74) is 2.12. The molecule has 0 amide bonds. The lowest BCUT2D eigenvalue weighted by atomic mass is 10.1. The number of rotatable bonds is 6. The predicted octanol–water partition coefficient (Wildman–Crippen LogP) is 3.29. The second-order valence-corrected chi connectivity index (χ2v) is 8.15. The van der Waals surface area contributed by atoms with Gasteiger partial charge in [0, 0.05) is 13.1 Å². The van der Waals surface area contributed by atoms with Gasteiger partial charge >= 0.3 is 0 Å². The first-order valence-electron chi connectivity index (χ1n) is 8.59. The van der Waals surface area contributed by atoms with Gasteiger partial charge in [-0.2, -0.15) is 0 Å². The SMILES string of the molecule is O=S(=O)(NCc1ccccc1CN1CCCCC1)c1ccc(F)cc1. The van der Waals surface area contributed by atoms with Crippen LogP contribution in [-0.4, -0.2) is 26.4 Å². The van der Waals surface area contributed by atoms with Gasteiger partial charge in [0.1, 0.15) is 5.82 Å². The van der Waals surface area contributed by atoms with Crippen molar-refractivity contribution >= 4 is 10.0 Å². The van der Waals surface area contributed by atoms with E-state index < -0.39 is 15.8 Å². The van der Waals surface area contributed by atoms with E-state index in [1.54, 1.807) is 0 Å². The molecule has 0 radical (unpaired) electrons. The first kappa shape index (κ1) is 18.0. The summed E-state index contributed by atoms with van der Waals surface area (Å²) in [6.45, 7) is 3.25. The van der Waals surface area contributed by atoms with Crippen LogP contribution in [0.5, 0.6) is 0 Å². The summed E-state index contributed by atoms with van der Waals surface area (Å²) in [6, 6.07) is 12.8. The molecule has 1 fully saturated rings. The highest BCUT2D eigenvalue weighted by atomic mass is 32.2. The highest BCUT2D eigenvalue weighted by molar-refractivity contribution is 7.89. The van der Waals surface area contributed by atoms with Gasteiger partial charge in [-0.15, -0.1) is 0 Å². The van der Waals surface area contributed by atoms with E-state index in [1.807, 2.05) is 18.2 Å². The van der Waals surface area contributed by atoms with E-state index in [2.05, 4.69) is 15.7 Å². The van der Waals surface area contributed by atoms with E-state index in [0.717, 1.165) is 42.9 Å². The van der Waals surface area contributed by atoms with Gasteiger partial charge in [0.15, 0.2) is 0 Å². The van der Waals surface area contributed by atoms with Crippen molar-refractivity contribution in [2.75, 3.05) is 13.1 Å². The maximum Gasteiger partial charge on any atom is 0.240 e. The molecule has 25 heavy (non-hydrogen) atoms. The molecule has 134 valence electrons. The number of sulfonamides is 1. The fraction of sp³-hybridized carbons (Fsp3) is 0.368. The van der Waals surface area contributed by atoms with Crippen molar-refractivity contribution in [3.05, 3.63) is 65.5 Å². The van der Waals surface area contributed by atoms with E-state index in [9.17, 15) is 12.8 Å². The molecule has 2 aromatic carbocycles. The molecular weight excluding hydrogens is 339 g/mol. The van der Waals surface area contributed by atoms with Crippen molar-refractivity contribution in [3.8, 4) is 0 Å². The zero-order valence-corrected chi connectivity index (χ0v) is 14.9. The minimum atomic E-state index is -3.66. The quantitative estimate of drug-likeness (QED) is 0.858. The van der Waals surface area contributed by atoms with Crippen LogP contribution in [0.15, 0.2) is 53.4 Å². The number of likely N-dealkylation sites (tertiary alicyclic amines) is 1. The third-order valence-corrected chi connectivity index (χ3v) is 5.95. The van der Waals surface area contributed by atoms with Gasteiger partial charge in [0.2, 0.25) is 10.0 Å². The third-order valence-electron chi connectivity index (χ3n) is 4.54. The van der Waals surface area contributed by atoms with E-state index in [-0.39, 0.29) is 11.4 Å². The molecule has 4 nitrogen and oxygen atoms in total. The largest absolute Gasteiger partial charge is 0.299 e. The number of nitrogens with one attached hydrogen (secondary N) is 1. The number of hydrogen-bond donors (Lipinski definition) is 1. The van der Waals surface area contributed by atoms with Crippen LogP contribution in [0.3, 0.4) is 0 Å². The summed E-state index contributed by atoms with van der Waals surface area (Å²) >= 11 is 0. The monoisotopic (exact) mass is 362 g/mol. The van der Waals surface area contributed by atoms with E-state index in [1.165, 1.54) is 31.4 Å². The number of halogens is 1. The van der Waals surface area contributed by atoms with E-state index >= 15 is 0 Å². The maximum atomic E-state index is 13.0. The van der Waals surface area contributed by atoms with Crippen LogP contribution in [0.2, 0.25) is 0 Å². The fourth-order valence-electron chi connectivity index (χ4n) is 3.11. The van der Waals surface area contributed by atoms with Crippen LogP contribution in [0.1, 0.15) is 30.4 Å². The Labute approximate surface area is 148 Å². The molecule has 6 heteroatoms. The average Bonchev–Trinajstić information content (AvgIpc) is 2.62. The van der Waals surface area contributed by atoms with Crippen molar-refractivity contribution in [2.45, 2.75) is 37.2 Å². The van der Waals surface area contributed by atoms with Crippen molar-refractivity contribution in [1.29, 1.82) is 0 Å². The Balaban J connectivity index is 1.69. The molecule has 0 spiro atoms. The van der Waals surface area contributed by atoms with E-state index in [4.69, 9.17) is 0 Å². The molecule has 0 bridgehead atoms. The standard InChI is InChI=1S/C19H23FN2O2S/c20-18-8-10-19(11-9-18)25(23,24)21-14-16-6-2-3-7-17(16)15-22-12-4-1-5-13-22/h2-3,6-11,21H,1,4-5,12-15H2. The molecule has 1 heterocycles. The summed E-state index contributed by atoms with van der Waals surface area (Å²) in [5.74, 6) is -0.453. The lowest BCUT2D eigenvalue weighted by Crippen LogP contribution is -2.30. The van der Waals surface area contributed by atoms with Crippen LogP contribution in [0, 0.1) is 5.82 Å². The Morgan fingerprint density at radius 3 is 2.24 bits per heavy atom. The second kappa shape index (κ2) is 8.08. The zero-order chi connectivity index (χ0) is 17.7. The molecule has 1 saturated heterocycles. The fourth-order valence-corrected chi connectivity index (χ4v) is 4.12. The van der Waals surface area contributed by atoms with Gasteiger partial charge in [-0.25, -0.2) is 17.5 Å². The van der Waals surface area contributed by atoms with Crippen molar-refractivity contribution in [3.63, 3.8) is 0 Å². The molecule has 0 aromatic heterocycles. The Hall–Kier alpha value is -1.76. The average molecular weight is 362 g/mol. The lowest BCUT2D eigenvalue weighted by Gasteiger charge is -2.27. The molecule has 3 rings (SSSR count). The summed E-state index contributed by atoms with van der Waals surface area (Å²) in [4.78, 5) is 2.49. The number of hydrogen-bond acceptors (Lipinski definition) is 3. The normalized spacial score (nSPS) is 16.0. The van der Waals surface area contributed by atoms with Crippen LogP contribution in [0.4, 0.5) is 4.39 Å². The Bertz CT molecular complexity index is 800. The van der Waals surface area contributed by atoms with Crippen molar-refractivity contribution in [2.24, 2.45) is 0 Å². The highest BCUT2D eigenvalue weighted by Crippen LogP contribution is 2.17. The molecule has 0 aliphatic carbocycles. The second-order valence-electron chi connectivity index (χ2n) is 6.38. The van der Waals surface area contributed by atoms with Crippen LogP contribution >= 0.6 is 0 Å². The third kappa shape index (κ3) is 4.87. The predicted molar refractivity (Wildman–Crippen MR) is 96.0 cm³/mol. The van der Waals surface area contributed by atoms with Crippen LogP contribution in [0.25, 0.3) is 0 Å². The van der Waals surface area contributed by atoms with Gasteiger partial charge in [0.05, 0.1) is 4.90 Å². The lowest BCUT2D eigenvalue weighted by molar-refractivity contribution is 0.220. The smallest absolute Gasteiger partial charge is 0.240 e. The van der Waals surface area contributed by atoms with Crippen LogP contribution < -0.4 is 4.72 Å². The first-order chi connectivity index (χ1) is 12.0. The molecule has 1 N–H and O–H groups in total. The summed E-state index contributed by atoms with van der Waals surface area (Å²) in [6.07, 6.45) is 3.73. The molecule has 0 unspecified atom stereocenters. The van der Waals surface area contributed by atoms with Crippen molar-refractivity contribution < 1.29 is 12.8 Å². The van der Waals surface area contributed by atoms with E-state index in [0.29, 0.717) is 0 Å². The van der Waals surface area contributed by atoms with Gasteiger partial charge in [-0.3, -0.25) is 4.90 Å². The van der Waals surface area contributed by atoms with Gasteiger partial charge in [-0.05, 0) is 61.3 Å². The Kier molecular flexibility index (Phi) is 5.83. The maximum absolute atomic E-state index is 13.0. The molecule has 2 aromatic rings. The van der Waals surface area contributed by atoms with Gasteiger partial charge in [-0.1, -0.05) is 30.7 Å². The molecule has 0 saturated carbocycles. The summed E-state index contributed by atoms with van der Waals surface area (Å²) in [7, 11) is -3.66. The highest BCUT2D eigenvalue weighted by Gasteiger charge is 2.16. The van der Waals surface area contributed by atoms with Gasteiger partial charge < -0.3 is 0 Å². The number of piperidine rings is 1. The minimum Gasteiger partial charge on any atom is -0.299 e. The number of benzene rings is 2. The topological polar surface area (TPSA) is 49.4 Å². The van der Waals surface area contributed by atoms with Gasteiger partial charge in [0.25, 0.3) is 0 Å². The molecule has 0 atom stereocenters. The molecular formula is C19H23FN2O2S. The zero-order valence-electron chi connectivity index (χ0n) is 14.1. The Morgan fingerprint density at radius 2 is 1.56 bits per heavy atom. The minimum absolute atomic E-state index is 0.0717. The van der Waals surface area contributed by atoms with Crippen LogP contribution in [-0.2, 0) is 23.1 Å². The molecule has 1 aliphatic rings. The van der Waals surface area contributed by atoms with Crippen molar-refractivity contribution in [1.82, 2.24) is 9.62 Å². The number of nitrogens with zero attached hydrogens (tertiary/aromatic N) is 1. The molecule has 1 aliphatic heterocycles.